The molecule has 0 heterocycles. The lowest BCUT2D eigenvalue weighted by Crippen LogP contribution is -2.36. The number of ether oxygens (including phenoxy) is 1. The van der Waals surface area contributed by atoms with E-state index in [-0.39, 0.29) is 48.2 Å². The van der Waals surface area contributed by atoms with Crippen molar-refractivity contribution >= 4 is 35.8 Å². The number of hydrogen-bond acceptors (Lipinski definition) is 3. The zero-order valence-corrected chi connectivity index (χ0v) is 20.9. The minimum Gasteiger partial charge on any atom is -0.434 e. The van der Waals surface area contributed by atoms with Gasteiger partial charge in [-0.1, -0.05) is 37.3 Å². The fraction of sp³-hybridized carbons (Fsp3) is 0.391. The van der Waals surface area contributed by atoms with Crippen molar-refractivity contribution in [3.8, 4) is 5.75 Å². The first kappa shape index (κ1) is 27.6. The molecule has 1 atom stereocenters. The molecular weight excluding hydrogens is 529 g/mol. The molecule has 32 heavy (non-hydrogen) atoms. The van der Waals surface area contributed by atoms with Gasteiger partial charge in [0.1, 0.15) is 5.75 Å². The zero-order valence-electron chi connectivity index (χ0n) is 18.5. The highest BCUT2D eigenvalue weighted by Crippen LogP contribution is 2.19. The minimum absolute atomic E-state index is 0. The van der Waals surface area contributed by atoms with E-state index in [0.717, 1.165) is 12.0 Å². The Balaban J connectivity index is 0.00000512. The number of halogens is 3. The molecule has 2 aromatic carbocycles. The van der Waals surface area contributed by atoms with Crippen LogP contribution in [-0.4, -0.2) is 31.1 Å². The number of guanidine groups is 1. The summed E-state index contributed by atoms with van der Waals surface area (Å²) in [4.78, 5) is 16.9. The van der Waals surface area contributed by atoms with Crippen LogP contribution >= 0.6 is 24.0 Å². The number of benzene rings is 2. The topological polar surface area (TPSA) is 74.8 Å². The standard InChI is InChI=1S/C23H30F2N4O2.HI/c1-4-16(3)29-21(30)18-11-8-9-17(13-18)14-27-23(26-5-2)28-15-19-10-6-7-12-20(19)31-22(24)25;/h6-13,16,22H,4-5,14-15H2,1-3H3,(H,29,30)(H2,26,27,28);1H. The largest absolute Gasteiger partial charge is 0.434 e. The number of nitrogens with zero attached hydrogens (tertiary/aromatic N) is 1. The third-order valence-electron chi connectivity index (χ3n) is 4.58. The first-order chi connectivity index (χ1) is 14.9. The van der Waals surface area contributed by atoms with Crippen LogP contribution in [0.1, 0.15) is 48.7 Å². The number of carbonyl (C=O) groups excluding carboxylic acids is 1. The molecule has 0 saturated carbocycles. The van der Waals surface area contributed by atoms with E-state index in [1.165, 1.54) is 6.07 Å². The van der Waals surface area contributed by atoms with Gasteiger partial charge in [0.2, 0.25) is 0 Å². The molecule has 0 bridgehead atoms. The number of alkyl halides is 2. The van der Waals surface area contributed by atoms with Gasteiger partial charge in [0, 0.05) is 30.3 Å². The molecule has 0 radical (unpaired) electrons. The third-order valence-corrected chi connectivity index (χ3v) is 4.58. The van der Waals surface area contributed by atoms with Crippen molar-refractivity contribution < 1.29 is 18.3 Å². The summed E-state index contributed by atoms with van der Waals surface area (Å²) >= 11 is 0. The maximum Gasteiger partial charge on any atom is 0.387 e. The average molecular weight is 560 g/mol. The molecule has 3 N–H and O–H groups in total. The first-order valence-electron chi connectivity index (χ1n) is 10.4. The molecule has 0 aliphatic rings. The second-order valence-electron chi connectivity index (χ2n) is 7.02. The van der Waals surface area contributed by atoms with Crippen LogP contribution < -0.4 is 20.7 Å². The van der Waals surface area contributed by atoms with Crippen molar-refractivity contribution in [1.82, 2.24) is 16.0 Å². The monoisotopic (exact) mass is 560 g/mol. The second kappa shape index (κ2) is 14.6. The lowest BCUT2D eigenvalue weighted by Gasteiger charge is -2.14. The molecule has 0 spiro atoms. The van der Waals surface area contributed by atoms with Crippen molar-refractivity contribution in [1.29, 1.82) is 0 Å². The van der Waals surface area contributed by atoms with Gasteiger partial charge >= 0.3 is 6.61 Å². The van der Waals surface area contributed by atoms with E-state index in [4.69, 9.17) is 0 Å². The van der Waals surface area contributed by atoms with Gasteiger partial charge in [-0.05, 0) is 44.0 Å². The molecule has 2 aromatic rings. The maximum atomic E-state index is 12.6. The summed E-state index contributed by atoms with van der Waals surface area (Å²) in [6, 6.07) is 14.0. The molecular formula is C23H31F2IN4O2. The highest BCUT2D eigenvalue weighted by molar-refractivity contribution is 14.0. The summed E-state index contributed by atoms with van der Waals surface area (Å²) < 4.78 is 29.8. The Labute approximate surface area is 205 Å². The Morgan fingerprint density at radius 2 is 1.84 bits per heavy atom. The van der Waals surface area contributed by atoms with Crippen molar-refractivity contribution in [2.45, 2.75) is 52.9 Å². The predicted octanol–water partition coefficient (Wildman–Crippen LogP) is 4.69. The van der Waals surface area contributed by atoms with E-state index >= 15 is 0 Å². The molecule has 9 heteroatoms. The number of aliphatic imine (C=N–C) groups is 1. The lowest BCUT2D eigenvalue weighted by atomic mass is 10.1. The quantitative estimate of drug-likeness (QED) is 0.224. The van der Waals surface area contributed by atoms with E-state index in [9.17, 15) is 13.6 Å². The molecule has 0 aliphatic heterocycles. The molecule has 1 amide bonds. The number of hydrogen-bond donors (Lipinski definition) is 3. The Bertz CT molecular complexity index is 881. The van der Waals surface area contributed by atoms with E-state index in [1.54, 1.807) is 24.3 Å². The molecule has 0 saturated heterocycles. The van der Waals surface area contributed by atoms with Gasteiger partial charge in [-0.2, -0.15) is 8.78 Å². The van der Waals surface area contributed by atoms with E-state index in [2.05, 4.69) is 25.7 Å². The van der Waals surface area contributed by atoms with Gasteiger partial charge in [-0.25, -0.2) is 4.99 Å². The Morgan fingerprint density at radius 1 is 1.09 bits per heavy atom. The number of carbonyl (C=O) groups is 1. The number of para-hydroxylation sites is 1. The van der Waals surface area contributed by atoms with E-state index in [0.29, 0.717) is 30.2 Å². The van der Waals surface area contributed by atoms with E-state index < -0.39 is 6.61 Å². The van der Waals surface area contributed by atoms with Gasteiger partial charge in [0.25, 0.3) is 5.91 Å². The predicted molar refractivity (Wildman–Crippen MR) is 134 cm³/mol. The summed E-state index contributed by atoms with van der Waals surface area (Å²) in [6.45, 7) is 4.30. The van der Waals surface area contributed by atoms with Gasteiger partial charge in [0.05, 0.1) is 6.54 Å². The highest BCUT2D eigenvalue weighted by atomic mass is 127. The fourth-order valence-corrected chi connectivity index (χ4v) is 2.77. The Hall–Kier alpha value is -2.43. The summed E-state index contributed by atoms with van der Waals surface area (Å²) in [7, 11) is 0. The van der Waals surface area contributed by atoms with Gasteiger partial charge in [0.15, 0.2) is 5.96 Å². The Kier molecular flexibility index (Phi) is 12.6. The fourth-order valence-electron chi connectivity index (χ4n) is 2.77. The zero-order chi connectivity index (χ0) is 22.6. The van der Waals surface area contributed by atoms with Crippen molar-refractivity contribution in [2.75, 3.05) is 6.54 Å². The summed E-state index contributed by atoms with van der Waals surface area (Å²) in [6.07, 6.45) is 0.860. The summed E-state index contributed by atoms with van der Waals surface area (Å²) in [5.74, 6) is 0.547. The average Bonchev–Trinajstić information content (AvgIpc) is 2.76. The van der Waals surface area contributed by atoms with Crippen LogP contribution in [0.5, 0.6) is 5.75 Å². The summed E-state index contributed by atoms with van der Waals surface area (Å²) in [5, 5.41) is 9.20. The van der Waals surface area contributed by atoms with Gasteiger partial charge in [-0.3, -0.25) is 4.79 Å². The van der Waals surface area contributed by atoms with Crippen LogP contribution in [0.2, 0.25) is 0 Å². The second-order valence-corrected chi connectivity index (χ2v) is 7.02. The summed E-state index contributed by atoms with van der Waals surface area (Å²) in [5.41, 5.74) is 2.07. The first-order valence-corrected chi connectivity index (χ1v) is 10.4. The van der Waals surface area contributed by atoms with Crippen LogP contribution in [0.4, 0.5) is 8.78 Å². The number of rotatable bonds is 10. The van der Waals surface area contributed by atoms with Crippen LogP contribution in [0.3, 0.4) is 0 Å². The van der Waals surface area contributed by atoms with Crippen LogP contribution in [0, 0.1) is 0 Å². The number of nitrogens with one attached hydrogen (secondary N) is 3. The van der Waals surface area contributed by atoms with Crippen LogP contribution in [-0.2, 0) is 13.1 Å². The third kappa shape index (κ3) is 9.37. The molecule has 0 fully saturated rings. The maximum absolute atomic E-state index is 12.6. The SMILES string of the molecule is CCNC(=NCc1cccc(C(=O)NC(C)CC)c1)NCc1ccccc1OC(F)F.I. The van der Waals surface area contributed by atoms with Crippen molar-refractivity contribution in [3.05, 3.63) is 65.2 Å². The Morgan fingerprint density at radius 3 is 2.53 bits per heavy atom. The van der Waals surface area contributed by atoms with Crippen molar-refractivity contribution in [2.24, 2.45) is 4.99 Å². The highest BCUT2D eigenvalue weighted by Gasteiger charge is 2.11. The number of amides is 1. The molecule has 0 aromatic heterocycles. The lowest BCUT2D eigenvalue weighted by molar-refractivity contribution is -0.0504. The van der Waals surface area contributed by atoms with E-state index in [1.807, 2.05) is 39.0 Å². The van der Waals surface area contributed by atoms with Crippen LogP contribution in [0.15, 0.2) is 53.5 Å². The molecule has 176 valence electrons. The van der Waals surface area contributed by atoms with Crippen molar-refractivity contribution in [3.63, 3.8) is 0 Å². The van der Waals surface area contributed by atoms with Gasteiger partial charge in [-0.15, -0.1) is 24.0 Å². The molecule has 0 aliphatic carbocycles. The normalized spacial score (nSPS) is 12.0. The molecule has 6 nitrogen and oxygen atoms in total. The van der Waals surface area contributed by atoms with Gasteiger partial charge < -0.3 is 20.7 Å². The minimum atomic E-state index is -2.88. The smallest absolute Gasteiger partial charge is 0.387 e. The molecule has 2 rings (SSSR count). The molecule has 1 unspecified atom stereocenters. The van der Waals surface area contributed by atoms with Crippen LogP contribution in [0.25, 0.3) is 0 Å².